The molecule has 1 aliphatic heterocycles. The second kappa shape index (κ2) is 5.40. The average Bonchev–Trinajstić information content (AvgIpc) is 2.67. The number of hydrogen-bond donors (Lipinski definition) is 2. The molecule has 0 saturated carbocycles. The summed E-state index contributed by atoms with van der Waals surface area (Å²) in [6.07, 6.45) is 3.09. The van der Waals surface area contributed by atoms with Crippen LogP contribution in [0.4, 0.5) is 11.8 Å². The molecule has 2 heterocycles. The molecule has 0 aliphatic carbocycles. The molecule has 1 aromatic rings. The lowest BCUT2D eigenvalue weighted by molar-refractivity contribution is 0.591. The molecular formula is C10H15BrN4O2S. The minimum atomic E-state index is -2.92. The van der Waals surface area contributed by atoms with Gasteiger partial charge in [-0.05, 0) is 28.8 Å². The summed E-state index contributed by atoms with van der Waals surface area (Å²) in [6.45, 7) is 0.368. The zero-order chi connectivity index (χ0) is 13.2. The summed E-state index contributed by atoms with van der Waals surface area (Å²) in [5, 5.41) is 5.59. The zero-order valence-electron chi connectivity index (χ0n) is 9.98. The van der Waals surface area contributed by atoms with E-state index < -0.39 is 9.84 Å². The largest absolute Gasteiger partial charge is 0.372 e. The van der Waals surface area contributed by atoms with Crippen LogP contribution in [0, 0.1) is 0 Å². The van der Waals surface area contributed by atoms with Crippen LogP contribution in [-0.4, -0.2) is 43.0 Å². The Morgan fingerprint density at radius 1 is 1.56 bits per heavy atom. The quantitative estimate of drug-likeness (QED) is 0.862. The van der Waals surface area contributed by atoms with Crippen LogP contribution in [0.1, 0.15) is 12.8 Å². The van der Waals surface area contributed by atoms with Gasteiger partial charge in [-0.1, -0.05) is 0 Å². The van der Waals surface area contributed by atoms with Gasteiger partial charge in [0.15, 0.2) is 9.84 Å². The topological polar surface area (TPSA) is 84.0 Å². The normalized spacial score (nSPS) is 21.8. The maximum absolute atomic E-state index is 11.7. The highest BCUT2D eigenvalue weighted by molar-refractivity contribution is 9.10. The van der Waals surface area contributed by atoms with Crippen molar-refractivity contribution in [3.05, 3.63) is 10.7 Å². The van der Waals surface area contributed by atoms with Gasteiger partial charge in [-0.15, -0.1) is 0 Å². The smallest absolute Gasteiger partial charge is 0.224 e. The number of nitrogens with zero attached hydrogens (tertiary/aromatic N) is 2. The first-order valence-electron chi connectivity index (χ1n) is 5.68. The molecule has 1 aromatic heterocycles. The number of hydrogen-bond acceptors (Lipinski definition) is 6. The summed E-state index contributed by atoms with van der Waals surface area (Å²) >= 11 is 3.31. The van der Waals surface area contributed by atoms with Crippen molar-refractivity contribution >= 4 is 37.5 Å². The van der Waals surface area contributed by atoms with Crippen molar-refractivity contribution in [3.63, 3.8) is 0 Å². The summed E-state index contributed by atoms with van der Waals surface area (Å²) in [6, 6.07) is 0. The Bertz CT molecular complexity index is 535. The van der Waals surface area contributed by atoms with Crippen molar-refractivity contribution < 1.29 is 8.42 Å². The van der Waals surface area contributed by atoms with E-state index in [1.807, 2.05) is 0 Å². The van der Waals surface area contributed by atoms with E-state index >= 15 is 0 Å². The molecule has 1 atom stereocenters. The van der Waals surface area contributed by atoms with Crippen molar-refractivity contribution in [1.29, 1.82) is 0 Å². The van der Waals surface area contributed by atoms with Crippen LogP contribution in [0.2, 0.25) is 0 Å². The van der Waals surface area contributed by atoms with Crippen molar-refractivity contribution in [2.45, 2.75) is 18.1 Å². The number of anilines is 2. The van der Waals surface area contributed by atoms with E-state index in [4.69, 9.17) is 0 Å². The lowest BCUT2D eigenvalue weighted by Gasteiger charge is -2.11. The van der Waals surface area contributed by atoms with Crippen molar-refractivity contribution in [1.82, 2.24) is 9.97 Å². The van der Waals surface area contributed by atoms with E-state index in [0.717, 1.165) is 10.9 Å². The first-order valence-corrected chi connectivity index (χ1v) is 8.19. The second-order valence-corrected chi connectivity index (χ2v) is 7.41. The van der Waals surface area contributed by atoms with Gasteiger partial charge in [-0.2, -0.15) is 4.98 Å². The van der Waals surface area contributed by atoms with Crippen LogP contribution in [0.15, 0.2) is 10.7 Å². The SMILES string of the molecule is CNc1nc(NCC2CCCS2(=O)=O)ncc1Br. The van der Waals surface area contributed by atoms with Crippen molar-refractivity contribution in [2.24, 2.45) is 0 Å². The summed E-state index contributed by atoms with van der Waals surface area (Å²) in [7, 11) is -1.16. The predicted molar refractivity (Wildman–Crippen MR) is 74.6 cm³/mol. The number of sulfone groups is 1. The van der Waals surface area contributed by atoms with Crippen LogP contribution in [0.25, 0.3) is 0 Å². The zero-order valence-corrected chi connectivity index (χ0v) is 12.4. The third-order valence-electron chi connectivity index (χ3n) is 2.93. The molecule has 8 heteroatoms. The molecule has 18 heavy (non-hydrogen) atoms. The van der Waals surface area contributed by atoms with Crippen LogP contribution in [0.5, 0.6) is 0 Å². The molecule has 2 N–H and O–H groups in total. The molecule has 100 valence electrons. The van der Waals surface area contributed by atoms with E-state index in [-0.39, 0.29) is 5.25 Å². The number of rotatable bonds is 4. The Kier molecular flexibility index (Phi) is 4.06. The second-order valence-electron chi connectivity index (χ2n) is 4.15. The van der Waals surface area contributed by atoms with E-state index in [1.54, 1.807) is 13.2 Å². The molecule has 1 saturated heterocycles. The average molecular weight is 335 g/mol. The molecule has 0 radical (unpaired) electrons. The van der Waals surface area contributed by atoms with Crippen LogP contribution < -0.4 is 10.6 Å². The highest BCUT2D eigenvalue weighted by atomic mass is 79.9. The van der Waals surface area contributed by atoms with Gasteiger partial charge in [-0.3, -0.25) is 0 Å². The summed E-state index contributed by atoms with van der Waals surface area (Å²) in [4.78, 5) is 8.32. The molecule has 2 rings (SSSR count). The van der Waals surface area contributed by atoms with Crippen LogP contribution >= 0.6 is 15.9 Å². The van der Waals surface area contributed by atoms with Gasteiger partial charge in [0, 0.05) is 19.8 Å². The summed E-state index contributed by atoms with van der Waals surface area (Å²) < 4.78 is 24.1. The van der Waals surface area contributed by atoms with Gasteiger partial charge in [0.25, 0.3) is 0 Å². The third-order valence-corrected chi connectivity index (χ3v) is 5.79. The lowest BCUT2D eigenvalue weighted by Crippen LogP contribution is -2.25. The van der Waals surface area contributed by atoms with E-state index in [0.29, 0.717) is 30.5 Å². The van der Waals surface area contributed by atoms with Crippen molar-refractivity contribution in [2.75, 3.05) is 30.0 Å². The molecule has 0 spiro atoms. The maximum Gasteiger partial charge on any atom is 0.224 e. The molecular weight excluding hydrogens is 320 g/mol. The molecule has 0 amide bonds. The molecule has 0 bridgehead atoms. The summed E-state index contributed by atoms with van der Waals surface area (Å²) in [5.74, 6) is 1.40. The monoisotopic (exact) mass is 334 g/mol. The molecule has 0 aromatic carbocycles. The van der Waals surface area contributed by atoms with Gasteiger partial charge < -0.3 is 10.6 Å². The van der Waals surface area contributed by atoms with Crippen molar-refractivity contribution in [3.8, 4) is 0 Å². The van der Waals surface area contributed by atoms with Gasteiger partial charge in [0.1, 0.15) is 5.82 Å². The molecule has 1 fully saturated rings. The number of aromatic nitrogens is 2. The number of halogens is 1. The minimum Gasteiger partial charge on any atom is -0.372 e. The Hall–Kier alpha value is -0.890. The Morgan fingerprint density at radius 3 is 2.94 bits per heavy atom. The Labute approximate surface area is 115 Å². The molecule has 1 aliphatic rings. The predicted octanol–water partition coefficient (Wildman–Crippen LogP) is 1.27. The maximum atomic E-state index is 11.7. The van der Waals surface area contributed by atoms with Gasteiger partial charge in [0.2, 0.25) is 5.95 Å². The fourth-order valence-corrected chi connectivity index (χ4v) is 4.07. The first kappa shape index (κ1) is 13.5. The highest BCUT2D eigenvalue weighted by Crippen LogP contribution is 2.22. The van der Waals surface area contributed by atoms with Crippen LogP contribution in [0.3, 0.4) is 0 Å². The standard InChI is InChI=1S/C10H15BrN4O2S/c1-12-9-8(11)6-14-10(15-9)13-5-7-3-2-4-18(7,16)17/h6-7H,2-5H2,1H3,(H2,12,13,14,15). The third kappa shape index (κ3) is 2.92. The van der Waals surface area contributed by atoms with Gasteiger partial charge in [-0.25, -0.2) is 13.4 Å². The van der Waals surface area contributed by atoms with Gasteiger partial charge in [0.05, 0.1) is 15.5 Å². The van der Waals surface area contributed by atoms with E-state index in [9.17, 15) is 8.42 Å². The summed E-state index contributed by atoms with van der Waals surface area (Å²) in [5.41, 5.74) is 0. The van der Waals surface area contributed by atoms with Crippen LogP contribution in [-0.2, 0) is 9.84 Å². The molecule has 6 nitrogen and oxygen atoms in total. The first-order chi connectivity index (χ1) is 8.53. The lowest BCUT2D eigenvalue weighted by atomic mass is 10.2. The van der Waals surface area contributed by atoms with E-state index in [1.165, 1.54) is 0 Å². The molecule has 1 unspecified atom stereocenters. The Balaban J connectivity index is 2.02. The minimum absolute atomic E-state index is 0.294. The fourth-order valence-electron chi connectivity index (χ4n) is 1.92. The number of nitrogens with one attached hydrogen (secondary N) is 2. The van der Waals surface area contributed by atoms with E-state index in [2.05, 4.69) is 36.5 Å². The highest BCUT2D eigenvalue weighted by Gasteiger charge is 2.30. The Morgan fingerprint density at radius 2 is 2.33 bits per heavy atom. The van der Waals surface area contributed by atoms with Gasteiger partial charge >= 0.3 is 0 Å². The fraction of sp³-hybridized carbons (Fsp3) is 0.600.